The Hall–Kier alpha value is -2.06. The highest BCUT2D eigenvalue weighted by Gasteiger charge is 2.47. The maximum absolute atomic E-state index is 12.7. The molecular formula is C11H13F3N2O4. The van der Waals surface area contributed by atoms with Gasteiger partial charge in [-0.1, -0.05) is 0 Å². The van der Waals surface area contributed by atoms with Crippen LogP contribution in [-0.2, 0) is 9.53 Å². The fourth-order valence-electron chi connectivity index (χ4n) is 1.43. The predicted molar refractivity (Wildman–Crippen MR) is 62.1 cm³/mol. The zero-order chi connectivity index (χ0) is 15.7. The van der Waals surface area contributed by atoms with Gasteiger partial charge in [0.1, 0.15) is 11.3 Å². The summed E-state index contributed by atoms with van der Waals surface area (Å²) in [6.07, 6.45) is -7.56. The summed E-state index contributed by atoms with van der Waals surface area (Å²) in [5.74, 6) is -1.18. The van der Waals surface area contributed by atoms with Gasteiger partial charge in [-0.05, 0) is 26.8 Å². The van der Waals surface area contributed by atoms with E-state index in [2.05, 4.69) is 4.99 Å². The van der Waals surface area contributed by atoms with Crippen LogP contribution in [0.2, 0.25) is 0 Å². The number of hydrogen-bond acceptors (Lipinski definition) is 4. The number of carbonyl (C=O) groups is 2. The number of alkyl halides is 3. The fourth-order valence-corrected chi connectivity index (χ4v) is 1.43. The number of amides is 1. The number of carboxylic acid groups (broad SMARTS) is 1. The molecule has 0 spiro atoms. The maximum atomic E-state index is 12.7. The molecule has 1 atom stereocenters. The van der Waals surface area contributed by atoms with E-state index >= 15 is 0 Å². The standard InChI is InChI=1S/C11H13F3N2O4/c1-10(2,3)20-8(17)7-15-5-4-6(11(12,13)14)16(7)9(18)19/h4-5,7H,1-3H3,(H,18,19). The molecule has 0 radical (unpaired) electrons. The lowest BCUT2D eigenvalue weighted by atomic mass is 10.2. The van der Waals surface area contributed by atoms with Gasteiger partial charge in [-0.2, -0.15) is 13.2 Å². The van der Waals surface area contributed by atoms with E-state index in [4.69, 9.17) is 9.84 Å². The molecule has 6 nitrogen and oxygen atoms in total. The third kappa shape index (κ3) is 3.72. The summed E-state index contributed by atoms with van der Waals surface area (Å²) in [4.78, 5) is 26.1. The molecule has 1 amide bonds. The molecule has 112 valence electrons. The van der Waals surface area contributed by atoms with Crippen molar-refractivity contribution in [3.8, 4) is 0 Å². The fraction of sp³-hybridized carbons (Fsp3) is 0.545. The normalized spacial score (nSPS) is 19.6. The van der Waals surface area contributed by atoms with Crippen LogP contribution >= 0.6 is 0 Å². The van der Waals surface area contributed by atoms with Gasteiger partial charge >= 0.3 is 18.2 Å². The van der Waals surface area contributed by atoms with Crippen molar-refractivity contribution < 1.29 is 32.6 Å². The molecule has 1 heterocycles. The van der Waals surface area contributed by atoms with Crippen LogP contribution in [0.1, 0.15) is 20.8 Å². The van der Waals surface area contributed by atoms with Gasteiger partial charge in [-0.3, -0.25) is 4.99 Å². The van der Waals surface area contributed by atoms with Gasteiger partial charge in [0.25, 0.3) is 0 Å². The number of allylic oxidation sites excluding steroid dienone is 2. The quantitative estimate of drug-likeness (QED) is 0.752. The molecule has 0 bridgehead atoms. The third-order valence-corrected chi connectivity index (χ3v) is 2.08. The molecule has 0 aliphatic carbocycles. The number of nitrogens with zero attached hydrogens (tertiary/aromatic N) is 2. The Morgan fingerprint density at radius 2 is 1.90 bits per heavy atom. The van der Waals surface area contributed by atoms with E-state index < -0.39 is 35.7 Å². The summed E-state index contributed by atoms with van der Waals surface area (Å²) in [7, 11) is 0. The predicted octanol–water partition coefficient (Wildman–Crippen LogP) is 2.16. The van der Waals surface area contributed by atoms with E-state index in [1.54, 1.807) is 0 Å². The summed E-state index contributed by atoms with van der Waals surface area (Å²) in [5.41, 5.74) is -2.47. The molecule has 9 heteroatoms. The lowest BCUT2D eigenvalue weighted by molar-refractivity contribution is -0.162. The summed E-state index contributed by atoms with van der Waals surface area (Å²) in [6, 6.07) is 0. The van der Waals surface area contributed by atoms with E-state index in [1.165, 1.54) is 20.8 Å². The topological polar surface area (TPSA) is 79.2 Å². The Bertz CT molecular complexity index is 477. The summed E-state index contributed by atoms with van der Waals surface area (Å²) < 4.78 is 43.1. The van der Waals surface area contributed by atoms with Crippen LogP contribution in [0.15, 0.2) is 16.8 Å². The van der Waals surface area contributed by atoms with Crippen LogP contribution < -0.4 is 0 Å². The Balaban J connectivity index is 3.10. The largest absolute Gasteiger partial charge is 0.465 e. The first-order valence-electron chi connectivity index (χ1n) is 5.49. The van der Waals surface area contributed by atoms with Crippen molar-refractivity contribution >= 4 is 18.3 Å². The van der Waals surface area contributed by atoms with Crippen LogP contribution in [0, 0.1) is 0 Å². The number of ether oxygens (including phenoxy) is 1. The number of hydrogen-bond donors (Lipinski definition) is 1. The van der Waals surface area contributed by atoms with Crippen LogP contribution in [0.5, 0.6) is 0 Å². The van der Waals surface area contributed by atoms with Crippen molar-refractivity contribution in [1.82, 2.24) is 4.90 Å². The van der Waals surface area contributed by atoms with E-state index in [0.29, 0.717) is 6.08 Å². The van der Waals surface area contributed by atoms with Crippen molar-refractivity contribution in [2.24, 2.45) is 4.99 Å². The van der Waals surface area contributed by atoms with Crippen molar-refractivity contribution in [2.75, 3.05) is 0 Å². The minimum absolute atomic E-state index is 0.159. The van der Waals surface area contributed by atoms with E-state index in [0.717, 1.165) is 6.21 Å². The summed E-state index contributed by atoms with van der Waals surface area (Å²) in [5, 5.41) is 8.89. The lowest BCUT2D eigenvalue weighted by Gasteiger charge is -2.31. The molecule has 1 rings (SSSR count). The Kier molecular flexibility index (Phi) is 4.11. The molecule has 0 saturated heterocycles. The number of halogens is 3. The van der Waals surface area contributed by atoms with Gasteiger partial charge in [0, 0.05) is 6.21 Å². The molecule has 0 aromatic heterocycles. The second kappa shape index (κ2) is 5.14. The molecule has 1 aliphatic heterocycles. The average molecular weight is 294 g/mol. The van der Waals surface area contributed by atoms with Gasteiger partial charge in [-0.25, -0.2) is 14.5 Å². The smallest absolute Gasteiger partial charge is 0.431 e. The molecule has 1 aliphatic rings. The van der Waals surface area contributed by atoms with Crippen molar-refractivity contribution in [3.05, 3.63) is 11.8 Å². The molecule has 20 heavy (non-hydrogen) atoms. The second-order valence-corrected chi connectivity index (χ2v) is 4.91. The highest BCUT2D eigenvalue weighted by Crippen LogP contribution is 2.32. The average Bonchev–Trinajstić information content (AvgIpc) is 2.24. The van der Waals surface area contributed by atoms with Gasteiger partial charge in [0.2, 0.25) is 6.17 Å². The zero-order valence-corrected chi connectivity index (χ0v) is 10.9. The van der Waals surface area contributed by atoms with Crippen molar-refractivity contribution in [1.29, 1.82) is 0 Å². The van der Waals surface area contributed by atoms with E-state index in [-0.39, 0.29) is 4.90 Å². The highest BCUT2D eigenvalue weighted by molar-refractivity contribution is 5.87. The second-order valence-electron chi connectivity index (χ2n) is 4.91. The minimum Gasteiger partial charge on any atom is -0.465 e. The van der Waals surface area contributed by atoms with Crippen LogP contribution in [0.4, 0.5) is 18.0 Å². The number of rotatable bonds is 1. The Morgan fingerprint density at radius 3 is 2.30 bits per heavy atom. The van der Waals surface area contributed by atoms with Gasteiger partial charge in [-0.15, -0.1) is 0 Å². The summed E-state index contributed by atoms with van der Waals surface area (Å²) >= 11 is 0. The van der Waals surface area contributed by atoms with Gasteiger partial charge in [0.15, 0.2) is 0 Å². The van der Waals surface area contributed by atoms with Crippen molar-refractivity contribution in [3.63, 3.8) is 0 Å². The molecule has 0 saturated carbocycles. The van der Waals surface area contributed by atoms with Crippen LogP contribution in [0.25, 0.3) is 0 Å². The number of esters is 1. The van der Waals surface area contributed by atoms with Gasteiger partial charge < -0.3 is 9.84 Å². The van der Waals surface area contributed by atoms with Crippen LogP contribution in [0.3, 0.4) is 0 Å². The first-order chi connectivity index (χ1) is 8.93. The van der Waals surface area contributed by atoms with Gasteiger partial charge in [0.05, 0.1) is 0 Å². The Labute approximate surface area is 112 Å². The molecule has 1 N–H and O–H groups in total. The van der Waals surface area contributed by atoms with E-state index in [9.17, 15) is 22.8 Å². The first kappa shape index (κ1) is 16.0. The number of carbonyl (C=O) groups excluding carboxylic acids is 1. The van der Waals surface area contributed by atoms with Crippen LogP contribution in [-0.4, -0.2) is 46.2 Å². The molecular weight excluding hydrogens is 281 g/mol. The monoisotopic (exact) mass is 294 g/mol. The molecule has 1 unspecified atom stereocenters. The molecule has 0 fully saturated rings. The third-order valence-electron chi connectivity index (χ3n) is 2.08. The molecule has 0 aromatic rings. The SMILES string of the molecule is CC(C)(C)OC(=O)C1N=CC=C(C(F)(F)F)N1C(=O)O. The lowest BCUT2D eigenvalue weighted by Crippen LogP contribution is -2.49. The zero-order valence-electron chi connectivity index (χ0n) is 10.9. The highest BCUT2D eigenvalue weighted by atomic mass is 19.4. The first-order valence-corrected chi connectivity index (χ1v) is 5.49. The molecule has 0 aromatic carbocycles. The minimum atomic E-state index is -4.93. The number of aliphatic imine (C=N–C) groups is 1. The van der Waals surface area contributed by atoms with Crippen molar-refractivity contribution in [2.45, 2.75) is 38.7 Å². The van der Waals surface area contributed by atoms with E-state index in [1.807, 2.05) is 0 Å². The Morgan fingerprint density at radius 1 is 1.35 bits per heavy atom. The summed E-state index contributed by atoms with van der Waals surface area (Å²) in [6.45, 7) is 4.51. The maximum Gasteiger partial charge on any atom is 0.431 e.